The number of amides is 3. The van der Waals surface area contributed by atoms with Gasteiger partial charge in [0, 0.05) is 0 Å². The van der Waals surface area contributed by atoms with Gasteiger partial charge in [0.05, 0.1) is 24.7 Å². The van der Waals surface area contributed by atoms with E-state index < -0.39 is 35.8 Å². The third kappa shape index (κ3) is 4.33. The largest absolute Gasteiger partial charge is 0.467 e. The van der Waals surface area contributed by atoms with Crippen LogP contribution in [0.5, 0.6) is 0 Å². The summed E-state index contributed by atoms with van der Waals surface area (Å²) < 4.78 is 4.74. The molecule has 0 saturated carbocycles. The van der Waals surface area contributed by atoms with Gasteiger partial charge in [-0.25, -0.2) is 4.79 Å². The van der Waals surface area contributed by atoms with E-state index in [9.17, 15) is 19.2 Å². The molecule has 0 aliphatic carbocycles. The lowest BCUT2D eigenvalue weighted by Crippen LogP contribution is -2.52. The van der Waals surface area contributed by atoms with Crippen LogP contribution in [0.1, 0.15) is 33.2 Å². The van der Waals surface area contributed by atoms with Crippen molar-refractivity contribution in [2.24, 2.45) is 0 Å². The molecule has 29 heavy (non-hydrogen) atoms. The molecule has 3 amide bonds. The number of ether oxygens (including phenoxy) is 1. The van der Waals surface area contributed by atoms with E-state index in [4.69, 9.17) is 9.57 Å². The van der Waals surface area contributed by atoms with Crippen molar-refractivity contribution in [1.29, 1.82) is 0 Å². The number of imide groups is 1. The van der Waals surface area contributed by atoms with Gasteiger partial charge < -0.3 is 10.1 Å². The second-order valence-electron chi connectivity index (χ2n) is 6.49. The molecule has 8 nitrogen and oxygen atoms in total. The number of nitrogens with one attached hydrogen (secondary N) is 1. The van der Waals surface area contributed by atoms with Crippen LogP contribution < -0.4 is 5.32 Å². The molecule has 2 atom stereocenters. The van der Waals surface area contributed by atoms with Crippen LogP contribution in [0, 0.1) is 0 Å². The minimum Gasteiger partial charge on any atom is -0.467 e. The van der Waals surface area contributed by atoms with Gasteiger partial charge in [-0.15, -0.1) is 5.06 Å². The number of esters is 1. The van der Waals surface area contributed by atoms with E-state index in [1.54, 1.807) is 36.4 Å². The Bertz CT molecular complexity index is 908. The first-order valence-corrected chi connectivity index (χ1v) is 8.98. The van der Waals surface area contributed by atoms with Gasteiger partial charge in [-0.3, -0.25) is 19.2 Å². The first-order valence-electron chi connectivity index (χ1n) is 8.98. The number of hydrogen-bond donors (Lipinski definition) is 1. The maximum Gasteiger partial charge on any atom is 0.331 e. The van der Waals surface area contributed by atoms with Crippen LogP contribution in [0.25, 0.3) is 0 Å². The molecule has 2 unspecified atom stereocenters. The summed E-state index contributed by atoms with van der Waals surface area (Å²) in [5.74, 6) is -2.44. The third-order valence-electron chi connectivity index (χ3n) is 4.48. The van der Waals surface area contributed by atoms with Gasteiger partial charge in [-0.05, 0) is 24.6 Å². The van der Waals surface area contributed by atoms with Crippen LogP contribution in [0.3, 0.4) is 0 Å². The molecule has 150 valence electrons. The van der Waals surface area contributed by atoms with Crippen molar-refractivity contribution in [3.05, 3.63) is 71.3 Å². The van der Waals surface area contributed by atoms with Gasteiger partial charge in [0.2, 0.25) is 5.91 Å². The quantitative estimate of drug-likeness (QED) is 0.562. The Morgan fingerprint density at radius 1 is 0.966 bits per heavy atom. The van der Waals surface area contributed by atoms with E-state index in [1.807, 2.05) is 6.07 Å². The van der Waals surface area contributed by atoms with E-state index in [2.05, 4.69) is 5.32 Å². The zero-order valence-electron chi connectivity index (χ0n) is 16.0. The molecular weight excluding hydrogens is 376 g/mol. The summed E-state index contributed by atoms with van der Waals surface area (Å²) in [7, 11) is 1.17. The molecule has 0 radical (unpaired) electrons. The van der Waals surface area contributed by atoms with Crippen LogP contribution >= 0.6 is 0 Å². The fourth-order valence-corrected chi connectivity index (χ4v) is 2.99. The Labute approximate surface area is 167 Å². The smallest absolute Gasteiger partial charge is 0.331 e. The van der Waals surface area contributed by atoms with Crippen molar-refractivity contribution in [3.8, 4) is 0 Å². The van der Waals surface area contributed by atoms with Gasteiger partial charge in [-0.2, -0.15) is 0 Å². The Balaban J connectivity index is 1.71. The second kappa shape index (κ2) is 8.66. The van der Waals surface area contributed by atoms with Gasteiger partial charge in [0.15, 0.2) is 6.04 Å². The zero-order chi connectivity index (χ0) is 21.0. The fourth-order valence-electron chi connectivity index (χ4n) is 2.99. The molecule has 0 aromatic heterocycles. The van der Waals surface area contributed by atoms with Crippen molar-refractivity contribution >= 4 is 23.7 Å². The minimum atomic E-state index is -1.21. The number of rotatable bonds is 7. The van der Waals surface area contributed by atoms with Crippen LogP contribution in [0.4, 0.5) is 0 Å². The molecule has 1 aliphatic rings. The average Bonchev–Trinajstić information content (AvgIpc) is 2.97. The van der Waals surface area contributed by atoms with E-state index >= 15 is 0 Å². The molecule has 2 aromatic rings. The number of carbonyl (C=O) groups excluding carboxylic acids is 4. The normalized spacial score (nSPS) is 14.9. The summed E-state index contributed by atoms with van der Waals surface area (Å²) in [6.07, 6.45) is -0.988. The van der Waals surface area contributed by atoms with Gasteiger partial charge in [0.1, 0.15) is 6.10 Å². The summed E-state index contributed by atoms with van der Waals surface area (Å²) in [5.41, 5.74) is 1.20. The maximum absolute atomic E-state index is 12.4. The van der Waals surface area contributed by atoms with E-state index in [0.717, 1.165) is 5.56 Å². The van der Waals surface area contributed by atoms with Crippen molar-refractivity contribution in [2.45, 2.75) is 25.5 Å². The number of benzene rings is 2. The first kappa shape index (κ1) is 20.2. The van der Waals surface area contributed by atoms with Crippen LogP contribution in [-0.2, 0) is 25.6 Å². The van der Waals surface area contributed by atoms with Gasteiger partial charge in [0.25, 0.3) is 11.8 Å². The van der Waals surface area contributed by atoms with Crippen molar-refractivity contribution < 1.29 is 28.8 Å². The number of fused-ring (bicyclic) bond motifs is 1. The number of nitrogens with zero attached hydrogens (tertiary/aromatic N) is 1. The maximum atomic E-state index is 12.4. The minimum absolute atomic E-state index is 0.0497. The predicted molar refractivity (Wildman–Crippen MR) is 102 cm³/mol. The topological polar surface area (TPSA) is 102 Å². The number of carbonyl (C=O) groups is 4. The van der Waals surface area contributed by atoms with Gasteiger partial charge in [-0.1, -0.05) is 42.5 Å². The monoisotopic (exact) mass is 396 g/mol. The van der Waals surface area contributed by atoms with Gasteiger partial charge >= 0.3 is 5.97 Å². The van der Waals surface area contributed by atoms with E-state index in [0.29, 0.717) is 5.06 Å². The third-order valence-corrected chi connectivity index (χ3v) is 4.48. The molecular formula is C21H20N2O6. The highest BCUT2D eigenvalue weighted by Gasteiger charge is 2.40. The summed E-state index contributed by atoms with van der Waals surface area (Å²) >= 11 is 0. The molecule has 1 aliphatic heterocycles. The summed E-state index contributed by atoms with van der Waals surface area (Å²) in [6.45, 7) is 1.47. The standard InChI is InChI=1S/C21H20N2O6/c1-13(29-23-19(25)15-10-6-7-11-16(15)20(23)26)18(21(27)28-2)22-17(24)12-14-8-4-3-5-9-14/h3-11,13,18H,12H2,1-2H3,(H,22,24). The molecule has 2 aromatic carbocycles. The Morgan fingerprint density at radius 3 is 2.07 bits per heavy atom. The molecule has 0 saturated heterocycles. The summed E-state index contributed by atoms with van der Waals surface area (Å²) in [4.78, 5) is 54.9. The molecule has 0 spiro atoms. The molecule has 0 fully saturated rings. The number of hydrogen-bond acceptors (Lipinski definition) is 6. The Morgan fingerprint density at radius 2 is 1.52 bits per heavy atom. The highest BCUT2D eigenvalue weighted by molar-refractivity contribution is 6.20. The molecule has 8 heteroatoms. The lowest BCUT2D eigenvalue weighted by molar-refractivity contribution is -0.164. The highest BCUT2D eigenvalue weighted by atomic mass is 16.7. The lowest BCUT2D eigenvalue weighted by atomic mass is 10.1. The predicted octanol–water partition coefficient (Wildman–Crippen LogP) is 1.50. The zero-order valence-corrected chi connectivity index (χ0v) is 16.0. The molecule has 3 rings (SSSR count). The average molecular weight is 396 g/mol. The van der Waals surface area contributed by atoms with Crippen molar-refractivity contribution in [3.63, 3.8) is 0 Å². The summed E-state index contributed by atoms with van der Waals surface area (Å²) in [6, 6.07) is 14.1. The molecule has 0 bridgehead atoms. The SMILES string of the molecule is COC(=O)C(NC(=O)Cc1ccccc1)C(C)ON1C(=O)c2ccccc2C1=O. The van der Waals surface area contributed by atoms with E-state index in [-0.39, 0.29) is 17.5 Å². The second-order valence-corrected chi connectivity index (χ2v) is 6.49. The number of hydroxylamine groups is 2. The van der Waals surface area contributed by atoms with Crippen LogP contribution in [0.2, 0.25) is 0 Å². The molecule has 1 heterocycles. The van der Waals surface area contributed by atoms with Crippen molar-refractivity contribution in [2.75, 3.05) is 7.11 Å². The fraction of sp³-hybridized carbons (Fsp3) is 0.238. The lowest BCUT2D eigenvalue weighted by Gasteiger charge is -2.25. The van der Waals surface area contributed by atoms with Crippen LogP contribution in [-0.4, -0.2) is 48.0 Å². The van der Waals surface area contributed by atoms with E-state index in [1.165, 1.54) is 26.2 Å². The Hall–Kier alpha value is -3.52. The summed E-state index contributed by atoms with van der Waals surface area (Å²) in [5, 5.41) is 3.16. The van der Waals surface area contributed by atoms with Crippen molar-refractivity contribution in [1.82, 2.24) is 10.4 Å². The highest BCUT2D eigenvalue weighted by Crippen LogP contribution is 2.24. The van der Waals surface area contributed by atoms with Crippen LogP contribution in [0.15, 0.2) is 54.6 Å². The number of methoxy groups -OCH3 is 1. The Kier molecular flexibility index (Phi) is 6.04. The first-order chi connectivity index (χ1) is 13.9. The molecule has 1 N–H and O–H groups in total.